The minimum atomic E-state index is 0.352. The first-order valence-corrected chi connectivity index (χ1v) is 9.42. The molecule has 0 aromatic rings. The topological polar surface area (TPSA) is 29.1 Å². The van der Waals surface area contributed by atoms with Gasteiger partial charge in [0.05, 0.1) is 0 Å². The highest BCUT2D eigenvalue weighted by molar-refractivity contribution is 5.79. The second-order valence-corrected chi connectivity index (χ2v) is 9.43. The molecule has 4 bridgehead atoms. The molecule has 116 valence electrons. The fraction of sp³-hybridized carbons (Fsp3) is 0.947. The number of carbonyl (C=O) groups excluding carboxylic acids is 1. The number of fused-ring (bicyclic) bond motifs is 1. The molecule has 2 nitrogen and oxygen atoms in total. The fourth-order valence-electron chi connectivity index (χ4n) is 7.12. The van der Waals surface area contributed by atoms with Crippen LogP contribution in [-0.2, 0) is 4.79 Å². The van der Waals surface area contributed by atoms with E-state index in [1.54, 1.807) is 0 Å². The average molecular weight is 287 g/mol. The van der Waals surface area contributed by atoms with Crippen molar-refractivity contribution in [3.05, 3.63) is 0 Å². The zero-order valence-corrected chi connectivity index (χ0v) is 13.3. The second-order valence-electron chi connectivity index (χ2n) is 9.43. The van der Waals surface area contributed by atoms with Crippen LogP contribution in [0.15, 0.2) is 0 Å². The first-order valence-electron chi connectivity index (χ1n) is 9.42. The molecule has 0 aromatic heterocycles. The maximum atomic E-state index is 12.6. The van der Waals surface area contributed by atoms with Gasteiger partial charge in [0.15, 0.2) is 0 Å². The van der Waals surface area contributed by atoms with Crippen LogP contribution in [0.2, 0.25) is 0 Å². The Morgan fingerprint density at radius 1 is 0.905 bits per heavy atom. The summed E-state index contributed by atoms with van der Waals surface area (Å²) in [5, 5.41) is 3.48. The standard InChI is InChI=1S/C19H29NO/c1-11(20-18(21)17-6-15-5-16(15)7-17)19-8-12-2-13(9-19)4-14(3-12)10-19/h11-17H,2-10H2,1H3,(H,20,21). The first-order chi connectivity index (χ1) is 10.1. The van der Waals surface area contributed by atoms with Gasteiger partial charge in [0.1, 0.15) is 0 Å². The third-order valence-electron chi connectivity index (χ3n) is 7.98. The van der Waals surface area contributed by atoms with E-state index in [2.05, 4.69) is 12.2 Å². The van der Waals surface area contributed by atoms with Gasteiger partial charge in [0.25, 0.3) is 0 Å². The van der Waals surface area contributed by atoms with Crippen molar-refractivity contribution in [2.24, 2.45) is 40.9 Å². The Morgan fingerprint density at radius 2 is 1.43 bits per heavy atom. The highest BCUT2D eigenvalue weighted by atomic mass is 16.2. The lowest BCUT2D eigenvalue weighted by molar-refractivity contribution is -0.129. The molecule has 6 saturated carbocycles. The summed E-state index contributed by atoms with van der Waals surface area (Å²) in [6, 6.07) is 0.412. The van der Waals surface area contributed by atoms with Crippen molar-refractivity contribution in [3.63, 3.8) is 0 Å². The Bertz CT molecular complexity index is 425. The van der Waals surface area contributed by atoms with Gasteiger partial charge in [-0.2, -0.15) is 0 Å². The lowest BCUT2D eigenvalue weighted by Crippen LogP contribution is -2.56. The summed E-state index contributed by atoms with van der Waals surface area (Å²) in [7, 11) is 0. The van der Waals surface area contributed by atoms with Gasteiger partial charge in [-0.05, 0) is 99.7 Å². The molecular weight excluding hydrogens is 258 g/mol. The van der Waals surface area contributed by atoms with Crippen LogP contribution >= 0.6 is 0 Å². The van der Waals surface area contributed by atoms with Crippen LogP contribution in [-0.4, -0.2) is 11.9 Å². The molecule has 6 aliphatic rings. The maximum Gasteiger partial charge on any atom is 0.223 e. The average Bonchev–Trinajstić information content (AvgIpc) is 3.03. The SMILES string of the molecule is CC(NC(=O)C1CC2CC2C1)C12CC3CC(CC(C3)C1)C2. The number of amides is 1. The highest BCUT2D eigenvalue weighted by Gasteiger charge is 2.54. The predicted molar refractivity (Wildman–Crippen MR) is 82.5 cm³/mol. The molecule has 3 atom stereocenters. The molecule has 1 N–H and O–H groups in total. The molecule has 6 rings (SSSR count). The Balaban J connectivity index is 1.27. The van der Waals surface area contributed by atoms with E-state index < -0.39 is 0 Å². The molecule has 1 amide bonds. The van der Waals surface area contributed by atoms with Crippen LogP contribution in [0.5, 0.6) is 0 Å². The maximum absolute atomic E-state index is 12.6. The monoisotopic (exact) mass is 287 g/mol. The minimum Gasteiger partial charge on any atom is -0.353 e. The van der Waals surface area contributed by atoms with Gasteiger partial charge in [-0.25, -0.2) is 0 Å². The molecule has 0 heterocycles. The minimum absolute atomic E-state index is 0.352. The molecule has 6 aliphatic carbocycles. The molecular formula is C19H29NO. The number of hydrogen-bond donors (Lipinski definition) is 1. The molecule has 6 fully saturated rings. The van der Waals surface area contributed by atoms with Gasteiger partial charge in [-0.3, -0.25) is 4.79 Å². The molecule has 2 heteroatoms. The summed E-state index contributed by atoms with van der Waals surface area (Å²) < 4.78 is 0. The third kappa shape index (κ3) is 2.00. The Morgan fingerprint density at radius 3 is 1.95 bits per heavy atom. The smallest absolute Gasteiger partial charge is 0.223 e. The van der Waals surface area contributed by atoms with Crippen molar-refractivity contribution in [1.29, 1.82) is 0 Å². The van der Waals surface area contributed by atoms with E-state index in [9.17, 15) is 4.79 Å². The summed E-state index contributed by atoms with van der Waals surface area (Å²) in [4.78, 5) is 12.6. The van der Waals surface area contributed by atoms with Gasteiger partial charge in [0.2, 0.25) is 5.91 Å². The van der Waals surface area contributed by atoms with E-state index in [4.69, 9.17) is 0 Å². The van der Waals surface area contributed by atoms with Crippen LogP contribution < -0.4 is 5.32 Å². The quantitative estimate of drug-likeness (QED) is 0.841. The van der Waals surface area contributed by atoms with E-state index in [1.807, 2.05) is 0 Å². The molecule has 3 unspecified atom stereocenters. The Kier molecular flexibility index (Phi) is 2.63. The van der Waals surface area contributed by atoms with Crippen LogP contribution in [0.4, 0.5) is 0 Å². The summed E-state index contributed by atoms with van der Waals surface area (Å²) in [5.74, 6) is 5.51. The Hall–Kier alpha value is -0.530. The lowest BCUT2D eigenvalue weighted by Gasteiger charge is -2.59. The number of nitrogens with one attached hydrogen (secondary N) is 1. The van der Waals surface area contributed by atoms with E-state index in [-0.39, 0.29) is 0 Å². The van der Waals surface area contributed by atoms with Crippen molar-refractivity contribution >= 4 is 5.91 Å². The van der Waals surface area contributed by atoms with E-state index >= 15 is 0 Å². The number of hydrogen-bond acceptors (Lipinski definition) is 1. The van der Waals surface area contributed by atoms with Crippen LogP contribution in [0.1, 0.15) is 64.7 Å². The summed E-state index contributed by atoms with van der Waals surface area (Å²) in [6.07, 6.45) is 12.5. The van der Waals surface area contributed by atoms with E-state index in [0.29, 0.717) is 23.3 Å². The summed E-state index contributed by atoms with van der Waals surface area (Å²) in [6.45, 7) is 2.32. The molecule has 0 radical (unpaired) electrons. The zero-order chi connectivity index (χ0) is 14.2. The first kappa shape index (κ1) is 13.0. The second kappa shape index (κ2) is 4.26. The lowest BCUT2D eigenvalue weighted by atomic mass is 9.48. The van der Waals surface area contributed by atoms with Gasteiger partial charge >= 0.3 is 0 Å². The van der Waals surface area contributed by atoms with Crippen molar-refractivity contribution in [1.82, 2.24) is 5.32 Å². The van der Waals surface area contributed by atoms with E-state index in [1.165, 1.54) is 57.8 Å². The van der Waals surface area contributed by atoms with Crippen molar-refractivity contribution in [3.8, 4) is 0 Å². The molecule has 21 heavy (non-hydrogen) atoms. The normalized spacial score (nSPS) is 54.3. The van der Waals surface area contributed by atoms with Gasteiger partial charge < -0.3 is 5.32 Å². The van der Waals surface area contributed by atoms with Crippen molar-refractivity contribution in [2.75, 3.05) is 0 Å². The summed E-state index contributed by atoms with van der Waals surface area (Å²) >= 11 is 0. The Labute approximate surface area is 128 Å². The van der Waals surface area contributed by atoms with Crippen molar-refractivity contribution in [2.45, 2.75) is 70.8 Å². The third-order valence-corrected chi connectivity index (χ3v) is 7.98. The number of carbonyl (C=O) groups is 1. The van der Waals surface area contributed by atoms with Crippen LogP contribution in [0, 0.1) is 40.9 Å². The summed E-state index contributed by atoms with van der Waals surface area (Å²) in [5.41, 5.74) is 0.464. The zero-order valence-electron chi connectivity index (χ0n) is 13.3. The predicted octanol–water partition coefficient (Wildman–Crippen LogP) is 3.75. The van der Waals surface area contributed by atoms with E-state index in [0.717, 1.165) is 29.6 Å². The van der Waals surface area contributed by atoms with Gasteiger partial charge in [-0.1, -0.05) is 0 Å². The fourth-order valence-corrected chi connectivity index (χ4v) is 7.12. The number of rotatable bonds is 3. The molecule has 0 saturated heterocycles. The molecule has 0 aliphatic heterocycles. The van der Waals surface area contributed by atoms with Gasteiger partial charge in [-0.15, -0.1) is 0 Å². The van der Waals surface area contributed by atoms with Crippen LogP contribution in [0.25, 0.3) is 0 Å². The highest BCUT2D eigenvalue weighted by Crippen LogP contribution is 2.61. The van der Waals surface area contributed by atoms with Crippen molar-refractivity contribution < 1.29 is 4.79 Å². The largest absolute Gasteiger partial charge is 0.353 e. The molecule has 0 aromatic carbocycles. The van der Waals surface area contributed by atoms with Gasteiger partial charge in [0, 0.05) is 12.0 Å². The van der Waals surface area contributed by atoms with Crippen LogP contribution in [0.3, 0.4) is 0 Å². The molecule has 0 spiro atoms.